The Labute approximate surface area is 140 Å². The van der Waals surface area contributed by atoms with E-state index in [0.29, 0.717) is 36.2 Å². The molecule has 1 aromatic heterocycles. The Morgan fingerprint density at radius 2 is 2.13 bits per heavy atom. The highest BCUT2D eigenvalue weighted by atomic mass is 35.5. The average Bonchev–Trinajstić information content (AvgIpc) is 2.84. The fourth-order valence-corrected chi connectivity index (χ4v) is 2.74. The molecule has 1 aliphatic heterocycles. The Balaban J connectivity index is 1.62. The largest absolute Gasteiger partial charge is 0.341 e. The van der Waals surface area contributed by atoms with Crippen LogP contribution in [-0.2, 0) is 4.79 Å². The molecule has 5 nitrogen and oxygen atoms in total. The first-order chi connectivity index (χ1) is 10.8. The van der Waals surface area contributed by atoms with Crippen LogP contribution in [0.4, 0.5) is 0 Å². The second kappa shape index (κ2) is 5.96. The van der Waals surface area contributed by atoms with E-state index >= 15 is 0 Å². The van der Waals surface area contributed by atoms with Crippen LogP contribution in [0, 0.1) is 5.41 Å². The van der Waals surface area contributed by atoms with E-state index in [1.807, 2.05) is 17.0 Å². The molecule has 2 aromatic rings. The van der Waals surface area contributed by atoms with Crippen LogP contribution in [0.3, 0.4) is 0 Å². The standard InChI is InChI=1S/C17H20ClN3O2/c1-17(2,3)8-14(22)21-9-12(10-21)16-19-15(20-23-16)11-5-4-6-13(18)7-11/h4-7,12H,8-10H2,1-3H3. The van der Waals surface area contributed by atoms with Gasteiger partial charge in [-0.2, -0.15) is 4.98 Å². The number of carbonyl (C=O) groups is 1. The SMILES string of the molecule is CC(C)(C)CC(=O)N1CC(c2nc(-c3cccc(Cl)c3)no2)C1. The molecule has 0 aliphatic carbocycles. The lowest BCUT2D eigenvalue weighted by atomic mass is 9.90. The van der Waals surface area contributed by atoms with Crippen molar-refractivity contribution in [1.82, 2.24) is 15.0 Å². The third kappa shape index (κ3) is 3.72. The molecule has 3 rings (SSSR count). The molecule has 1 saturated heterocycles. The molecule has 1 amide bonds. The molecule has 2 heterocycles. The van der Waals surface area contributed by atoms with Crippen molar-refractivity contribution in [3.8, 4) is 11.4 Å². The Bertz CT molecular complexity index is 715. The summed E-state index contributed by atoms with van der Waals surface area (Å²) in [5.41, 5.74) is 0.833. The Hall–Kier alpha value is -1.88. The Morgan fingerprint density at radius 3 is 2.78 bits per heavy atom. The normalized spacial score (nSPS) is 15.6. The molecule has 122 valence electrons. The highest BCUT2D eigenvalue weighted by Gasteiger charge is 2.36. The van der Waals surface area contributed by atoms with E-state index in [1.165, 1.54) is 0 Å². The minimum atomic E-state index is 0.00635. The van der Waals surface area contributed by atoms with Gasteiger partial charge >= 0.3 is 0 Å². The van der Waals surface area contributed by atoms with Gasteiger partial charge in [0.2, 0.25) is 17.6 Å². The summed E-state index contributed by atoms with van der Waals surface area (Å²) in [6.45, 7) is 7.49. The molecular weight excluding hydrogens is 314 g/mol. The van der Waals surface area contributed by atoms with Gasteiger partial charge in [-0.25, -0.2) is 0 Å². The molecule has 0 unspecified atom stereocenters. The number of nitrogens with zero attached hydrogens (tertiary/aromatic N) is 3. The molecule has 1 aliphatic rings. The van der Waals surface area contributed by atoms with Crippen LogP contribution < -0.4 is 0 Å². The lowest BCUT2D eigenvalue weighted by Gasteiger charge is -2.38. The highest BCUT2D eigenvalue weighted by molar-refractivity contribution is 6.30. The van der Waals surface area contributed by atoms with Crippen LogP contribution in [0.2, 0.25) is 5.02 Å². The summed E-state index contributed by atoms with van der Waals surface area (Å²) < 4.78 is 5.35. The van der Waals surface area contributed by atoms with E-state index in [1.54, 1.807) is 12.1 Å². The number of benzene rings is 1. The number of carbonyl (C=O) groups excluding carboxylic acids is 1. The van der Waals surface area contributed by atoms with Crippen LogP contribution >= 0.6 is 11.6 Å². The van der Waals surface area contributed by atoms with Crippen molar-refractivity contribution in [2.75, 3.05) is 13.1 Å². The second-order valence-corrected chi connectivity index (χ2v) is 7.64. The van der Waals surface area contributed by atoms with Crippen molar-refractivity contribution in [2.24, 2.45) is 5.41 Å². The smallest absolute Gasteiger partial charge is 0.233 e. The van der Waals surface area contributed by atoms with Crippen molar-refractivity contribution in [1.29, 1.82) is 0 Å². The van der Waals surface area contributed by atoms with Gasteiger partial charge in [0.15, 0.2) is 0 Å². The van der Waals surface area contributed by atoms with Crippen molar-refractivity contribution in [2.45, 2.75) is 33.1 Å². The minimum absolute atomic E-state index is 0.00635. The molecule has 23 heavy (non-hydrogen) atoms. The number of amides is 1. The summed E-state index contributed by atoms with van der Waals surface area (Å²) in [6, 6.07) is 7.34. The molecule has 0 bridgehead atoms. The zero-order valence-electron chi connectivity index (χ0n) is 13.5. The predicted octanol–water partition coefficient (Wildman–Crippen LogP) is 3.75. The van der Waals surface area contributed by atoms with Gasteiger partial charge in [0.05, 0.1) is 5.92 Å². The van der Waals surface area contributed by atoms with E-state index in [0.717, 1.165) is 5.56 Å². The first-order valence-corrected chi connectivity index (χ1v) is 8.07. The second-order valence-electron chi connectivity index (χ2n) is 7.20. The number of likely N-dealkylation sites (tertiary alicyclic amines) is 1. The van der Waals surface area contributed by atoms with Gasteiger partial charge in [0.1, 0.15) is 0 Å². The summed E-state index contributed by atoms with van der Waals surface area (Å²) in [5.74, 6) is 1.42. The molecular formula is C17H20ClN3O2. The van der Waals surface area contributed by atoms with Gasteiger partial charge < -0.3 is 9.42 Å². The van der Waals surface area contributed by atoms with Gasteiger partial charge in [-0.05, 0) is 17.5 Å². The molecule has 0 saturated carbocycles. The maximum absolute atomic E-state index is 12.1. The van der Waals surface area contributed by atoms with Crippen molar-refractivity contribution < 1.29 is 9.32 Å². The lowest BCUT2D eigenvalue weighted by molar-refractivity contribution is -0.137. The van der Waals surface area contributed by atoms with E-state index in [2.05, 4.69) is 30.9 Å². The number of aromatic nitrogens is 2. The minimum Gasteiger partial charge on any atom is -0.341 e. The molecule has 1 fully saturated rings. The summed E-state index contributed by atoms with van der Waals surface area (Å²) in [6.07, 6.45) is 0.553. The van der Waals surface area contributed by atoms with Gasteiger partial charge in [-0.3, -0.25) is 4.79 Å². The van der Waals surface area contributed by atoms with Gasteiger partial charge in [0, 0.05) is 30.1 Å². The van der Waals surface area contributed by atoms with E-state index in [9.17, 15) is 4.79 Å². The molecule has 1 aromatic carbocycles. The molecule has 6 heteroatoms. The number of hydrogen-bond donors (Lipinski definition) is 0. The fourth-order valence-electron chi connectivity index (χ4n) is 2.55. The van der Waals surface area contributed by atoms with Gasteiger partial charge in [-0.1, -0.05) is 49.7 Å². The quantitative estimate of drug-likeness (QED) is 0.858. The average molecular weight is 334 g/mol. The zero-order valence-corrected chi connectivity index (χ0v) is 14.3. The van der Waals surface area contributed by atoms with Crippen LogP contribution in [0.1, 0.15) is 39.0 Å². The highest BCUT2D eigenvalue weighted by Crippen LogP contribution is 2.30. The van der Waals surface area contributed by atoms with E-state index < -0.39 is 0 Å². The summed E-state index contributed by atoms with van der Waals surface area (Å²) in [5, 5.41) is 4.65. The maximum atomic E-state index is 12.1. The molecule has 0 N–H and O–H groups in total. The summed E-state index contributed by atoms with van der Waals surface area (Å²) in [4.78, 5) is 18.4. The van der Waals surface area contributed by atoms with Crippen LogP contribution in [0.15, 0.2) is 28.8 Å². The molecule has 0 radical (unpaired) electrons. The number of hydrogen-bond acceptors (Lipinski definition) is 4. The van der Waals surface area contributed by atoms with Gasteiger partial charge in [0.25, 0.3) is 0 Å². The third-order valence-corrected chi connectivity index (χ3v) is 4.02. The monoisotopic (exact) mass is 333 g/mol. The van der Waals surface area contributed by atoms with E-state index in [4.69, 9.17) is 16.1 Å². The summed E-state index contributed by atoms with van der Waals surface area (Å²) >= 11 is 5.98. The van der Waals surface area contributed by atoms with Crippen LogP contribution in [0.25, 0.3) is 11.4 Å². The zero-order chi connectivity index (χ0) is 16.6. The summed E-state index contributed by atoms with van der Waals surface area (Å²) in [7, 11) is 0. The topological polar surface area (TPSA) is 59.2 Å². The fraction of sp³-hybridized carbons (Fsp3) is 0.471. The van der Waals surface area contributed by atoms with E-state index in [-0.39, 0.29) is 17.2 Å². The van der Waals surface area contributed by atoms with Gasteiger partial charge in [-0.15, -0.1) is 0 Å². The van der Waals surface area contributed by atoms with Crippen LogP contribution in [-0.4, -0.2) is 34.0 Å². The first-order valence-electron chi connectivity index (χ1n) is 7.69. The Morgan fingerprint density at radius 1 is 1.39 bits per heavy atom. The molecule has 0 atom stereocenters. The predicted molar refractivity (Wildman–Crippen MR) is 88.1 cm³/mol. The van der Waals surface area contributed by atoms with Crippen molar-refractivity contribution in [3.63, 3.8) is 0 Å². The van der Waals surface area contributed by atoms with Crippen molar-refractivity contribution >= 4 is 17.5 Å². The number of halogens is 1. The van der Waals surface area contributed by atoms with Crippen LogP contribution in [0.5, 0.6) is 0 Å². The molecule has 0 spiro atoms. The number of rotatable bonds is 3. The first kappa shape index (κ1) is 16.0. The maximum Gasteiger partial charge on any atom is 0.233 e. The lowest BCUT2D eigenvalue weighted by Crippen LogP contribution is -2.49. The Kier molecular flexibility index (Phi) is 4.15. The van der Waals surface area contributed by atoms with Crippen molar-refractivity contribution in [3.05, 3.63) is 35.2 Å². The third-order valence-electron chi connectivity index (χ3n) is 3.79.